The Kier molecular flexibility index (Phi) is 4.43. The van der Waals surface area contributed by atoms with E-state index in [9.17, 15) is 14.7 Å². The highest BCUT2D eigenvalue weighted by Gasteiger charge is 2.20. The molecule has 1 aromatic carbocycles. The van der Waals surface area contributed by atoms with Crippen molar-refractivity contribution in [3.8, 4) is 0 Å². The highest BCUT2D eigenvalue weighted by molar-refractivity contribution is 5.94. The molecule has 1 aromatic heterocycles. The van der Waals surface area contributed by atoms with Gasteiger partial charge < -0.3 is 15.4 Å². The van der Waals surface area contributed by atoms with Gasteiger partial charge in [0.2, 0.25) is 0 Å². The molecule has 2 rings (SSSR count). The Hall–Kier alpha value is -2.14. The molecule has 0 saturated heterocycles. The van der Waals surface area contributed by atoms with Crippen molar-refractivity contribution in [3.05, 3.63) is 46.2 Å². The lowest BCUT2D eigenvalue weighted by molar-refractivity contribution is 0.0468. The van der Waals surface area contributed by atoms with E-state index in [2.05, 4.69) is 10.3 Å². The maximum absolute atomic E-state index is 12.1. The van der Waals surface area contributed by atoms with Crippen molar-refractivity contribution in [1.29, 1.82) is 0 Å². The molecule has 0 fully saturated rings. The minimum atomic E-state index is -0.943. The fraction of sp³-hybridized carbons (Fsp3) is 0.375. The van der Waals surface area contributed by atoms with Gasteiger partial charge in [0.05, 0.1) is 5.60 Å². The number of aliphatic hydroxyl groups is 1. The molecule has 1 atom stereocenters. The number of fused-ring (bicyclic) bond motifs is 1. The second-order valence-corrected chi connectivity index (χ2v) is 5.52. The van der Waals surface area contributed by atoms with E-state index in [-0.39, 0.29) is 17.7 Å². The number of rotatable bonds is 5. The van der Waals surface area contributed by atoms with Crippen LogP contribution in [0.15, 0.2) is 35.1 Å². The Balaban J connectivity index is 2.18. The highest BCUT2D eigenvalue weighted by atomic mass is 16.3. The third kappa shape index (κ3) is 3.70. The molecule has 1 heterocycles. The van der Waals surface area contributed by atoms with Crippen molar-refractivity contribution in [2.24, 2.45) is 0 Å². The van der Waals surface area contributed by atoms with E-state index in [1.165, 1.54) is 6.07 Å². The van der Waals surface area contributed by atoms with Crippen LogP contribution in [-0.2, 0) is 0 Å². The third-order valence-corrected chi connectivity index (χ3v) is 3.40. The maximum atomic E-state index is 12.1. The first kappa shape index (κ1) is 15.3. The molecule has 0 radical (unpaired) electrons. The van der Waals surface area contributed by atoms with E-state index in [0.29, 0.717) is 17.3 Å². The summed E-state index contributed by atoms with van der Waals surface area (Å²) in [6.07, 6.45) is 1.43. The van der Waals surface area contributed by atoms with Crippen LogP contribution in [0, 0.1) is 0 Å². The van der Waals surface area contributed by atoms with E-state index in [1.807, 2.05) is 6.92 Å². The summed E-state index contributed by atoms with van der Waals surface area (Å²) in [5.74, 6) is -0.394. The van der Waals surface area contributed by atoms with Gasteiger partial charge in [0.1, 0.15) is 5.69 Å². The summed E-state index contributed by atoms with van der Waals surface area (Å²) in [4.78, 5) is 27.0. The zero-order chi connectivity index (χ0) is 15.5. The fourth-order valence-electron chi connectivity index (χ4n) is 2.31. The van der Waals surface area contributed by atoms with Crippen LogP contribution in [0.4, 0.5) is 0 Å². The van der Waals surface area contributed by atoms with Gasteiger partial charge in [0, 0.05) is 23.5 Å². The molecule has 0 saturated carbocycles. The van der Waals surface area contributed by atoms with Gasteiger partial charge in [-0.1, -0.05) is 25.5 Å². The molecule has 2 aromatic rings. The SMILES string of the molecule is CCCC(C)(O)CNC(=O)c1cc(=O)c2ccccc2[nH]1. The molecule has 5 heteroatoms. The number of amides is 1. The van der Waals surface area contributed by atoms with Crippen molar-refractivity contribution in [2.45, 2.75) is 32.3 Å². The van der Waals surface area contributed by atoms with Crippen LogP contribution in [-0.4, -0.2) is 28.1 Å². The number of aromatic amines is 1. The molecule has 21 heavy (non-hydrogen) atoms. The molecule has 0 aliphatic carbocycles. The molecule has 1 unspecified atom stereocenters. The zero-order valence-corrected chi connectivity index (χ0v) is 12.3. The van der Waals surface area contributed by atoms with Crippen LogP contribution in [0.2, 0.25) is 0 Å². The topological polar surface area (TPSA) is 82.2 Å². The monoisotopic (exact) mass is 288 g/mol. The second kappa shape index (κ2) is 6.10. The molecule has 112 valence electrons. The molecule has 0 bridgehead atoms. The summed E-state index contributed by atoms with van der Waals surface area (Å²) in [5, 5.41) is 13.3. The lowest BCUT2D eigenvalue weighted by atomic mass is 10.0. The van der Waals surface area contributed by atoms with E-state index in [0.717, 1.165) is 6.42 Å². The first-order valence-electron chi connectivity index (χ1n) is 7.05. The molecule has 0 spiro atoms. The minimum Gasteiger partial charge on any atom is -0.388 e. The summed E-state index contributed by atoms with van der Waals surface area (Å²) in [6.45, 7) is 3.80. The van der Waals surface area contributed by atoms with Gasteiger partial charge in [0.25, 0.3) is 5.91 Å². The smallest absolute Gasteiger partial charge is 0.267 e. The number of H-pyrrole nitrogens is 1. The summed E-state index contributed by atoms with van der Waals surface area (Å²) in [7, 11) is 0. The predicted molar refractivity (Wildman–Crippen MR) is 82.4 cm³/mol. The van der Waals surface area contributed by atoms with Crippen molar-refractivity contribution in [2.75, 3.05) is 6.54 Å². The number of benzene rings is 1. The van der Waals surface area contributed by atoms with Crippen LogP contribution >= 0.6 is 0 Å². The number of aromatic nitrogens is 1. The molecular formula is C16H20N2O3. The number of pyridine rings is 1. The average Bonchev–Trinajstić information content (AvgIpc) is 2.45. The Morgan fingerprint density at radius 3 is 2.81 bits per heavy atom. The molecular weight excluding hydrogens is 268 g/mol. The number of nitrogens with one attached hydrogen (secondary N) is 2. The van der Waals surface area contributed by atoms with Gasteiger partial charge in [0.15, 0.2) is 5.43 Å². The van der Waals surface area contributed by atoms with Gasteiger partial charge in [-0.25, -0.2) is 0 Å². The van der Waals surface area contributed by atoms with Gasteiger partial charge in [-0.2, -0.15) is 0 Å². The largest absolute Gasteiger partial charge is 0.388 e. The quantitative estimate of drug-likeness (QED) is 0.784. The number of carbonyl (C=O) groups is 1. The van der Waals surface area contributed by atoms with Gasteiger partial charge in [-0.3, -0.25) is 9.59 Å². The van der Waals surface area contributed by atoms with Crippen LogP contribution in [0.3, 0.4) is 0 Å². The summed E-state index contributed by atoms with van der Waals surface area (Å²) in [5.41, 5.74) is -0.321. The fourth-order valence-corrected chi connectivity index (χ4v) is 2.31. The van der Waals surface area contributed by atoms with Crippen LogP contribution in [0.1, 0.15) is 37.2 Å². The predicted octanol–water partition coefficient (Wildman–Crippen LogP) is 1.81. The van der Waals surface area contributed by atoms with Crippen LogP contribution in [0.5, 0.6) is 0 Å². The first-order chi connectivity index (χ1) is 9.93. The molecule has 0 aliphatic heterocycles. The maximum Gasteiger partial charge on any atom is 0.267 e. The number of hydrogen-bond acceptors (Lipinski definition) is 3. The molecule has 5 nitrogen and oxygen atoms in total. The lowest BCUT2D eigenvalue weighted by Crippen LogP contribution is -2.40. The van der Waals surface area contributed by atoms with Gasteiger partial charge in [-0.05, 0) is 25.5 Å². The Labute approximate surface area is 123 Å². The minimum absolute atomic E-state index is 0.147. The van der Waals surface area contributed by atoms with Crippen LogP contribution in [0.25, 0.3) is 10.9 Å². The Bertz CT molecular complexity index is 704. The number of para-hydroxylation sites is 1. The van der Waals surface area contributed by atoms with Gasteiger partial charge >= 0.3 is 0 Å². The standard InChI is InChI=1S/C16H20N2O3/c1-3-8-16(2,21)10-17-15(20)13-9-14(19)11-6-4-5-7-12(11)18-13/h4-7,9,21H,3,8,10H2,1-2H3,(H,17,20)(H,18,19). The van der Waals surface area contributed by atoms with Crippen LogP contribution < -0.4 is 10.7 Å². The normalized spacial score (nSPS) is 13.9. The summed E-state index contributed by atoms with van der Waals surface area (Å²) >= 11 is 0. The highest BCUT2D eigenvalue weighted by Crippen LogP contribution is 2.11. The molecule has 3 N–H and O–H groups in total. The van der Waals surface area contributed by atoms with Crippen molar-refractivity contribution >= 4 is 16.8 Å². The third-order valence-electron chi connectivity index (χ3n) is 3.40. The second-order valence-electron chi connectivity index (χ2n) is 5.52. The number of carbonyl (C=O) groups excluding carboxylic acids is 1. The van der Waals surface area contributed by atoms with Crippen molar-refractivity contribution < 1.29 is 9.90 Å². The van der Waals surface area contributed by atoms with Crippen molar-refractivity contribution in [1.82, 2.24) is 10.3 Å². The average molecular weight is 288 g/mol. The Morgan fingerprint density at radius 1 is 1.38 bits per heavy atom. The van der Waals surface area contributed by atoms with Crippen molar-refractivity contribution in [3.63, 3.8) is 0 Å². The molecule has 1 amide bonds. The Morgan fingerprint density at radius 2 is 2.10 bits per heavy atom. The van der Waals surface area contributed by atoms with E-state index in [4.69, 9.17) is 0 Å². The van der Waals surface area contributed by atoms with E-state index >= 15 is 0 Å². The lowest BCUT2D eigenvalue weighted by Gasteiger charge is -2.22. The van der Waals surface area contributed by atoms with Gasteiger partial charge in [-0.15, -0.1) is 0 Å². The summed E-state index contributed by atoms with van der Waals surface area (Å²) < 4.78 is 0. The summed E-state index contributed by atoms with van der Waals surface area (Å²) in [6, 6.07) is 8.32. The van der Waals surface area contributed by atoms with E-state index < -0.39 is 11.5 Å². The zero-order valence-electron chi connectivity index (χ0n) is 12.3. The van der Waals surface area contributed by atoms with E-state index in [1.54, 1.807) is 31.2 Å². The molecule has 0 aliphatic rings. The number of hydrogen-bond donors (Lipinski definition) is 3. The first-order valence-corrected chi connectivity index (χ1v) is 7.05.